The summed E-state index contributed by atoms with van der Waals surface area (Å²) in [6.07, 6.45) is 20.3. The van der Waals surface area contributed by atoms with E-state index in [9.17, 15) is 0 Å². The predicted octanol–water partition coefficient (Wildman–Crippen LogP) is 8.06. The van der Waals surface area contributed by atoms with Crippen LogP contribution in [0.4, 0.5) is 0 Å². The third kappa shape index (κ3) is 10.2. The molecular weight excluding hydrogens is 288 g/mol. The summed E-state index contributed by atoms with van der Waals surface area (Å²) < 4.78 is 0. The summed E-state index contributed by atoms with van der Waals surface area (Å²) in [4.78, 5) is 0. The summed E-state index contributed by atoms with van der Waals surface area (Å²) in [5.41, 5.74) is 4.79. The molecule has 0 aromatic heterocycles. The van der Waals surface area contributed by atoms with Crippen LogP contribution >= 0.6 is 0 Å². The fourth-order valence-electron chi connectivity index (χ4n) is 3.52. The Morgan fingerprint density at radius 2 is 0.750 bits per heavy atom. The first kappa shape index (κ1) is 21.3. The van der Waals surface area contributed by atoms with E-state index < -0.39 is 0 Å². The van der Waals surface area contributed by atoms with Crippen LogP contribution in [0.25, 0.3) is 0 Å². The molecule has 0 nitrogen and oxygen atoms in total. The van der Waals surface area contributed by atoms with Gasteiger partial charge in [0.05, 0.1) is 0 Å². The minimum atomic E-state index is 1.27. The molecule has 0 saturated heterocycles. The molecule has 138 valence electrons. The quantitative estimate of drug-likeness (QED) is 0.285. The Morgan fingerprint density at radius 1 is 0.417 bits per heavy atom. The zero-order valence-electron chi connectivity index (χ0n) is 16.8. The molecule has 0 aliphatic heterocycles. The summed E-state index contributed by atoms with van der Waals surface area (Å²) in [5, 5.41) is 0. The number of benzene rings is 1. The summed E-state index contributed by atoms with van der Waals surface area (Å²) in [6.45, 7) is 6.89. The Balaban J connectivity index is 2.52. The third-order valence-corrected chi connectivity index (χ3v) is 5.07. The maximum absolute atomic E-state index is 2.51. The summed E-state index contributed by atoms with van der Waals surface area (Å²) in [5.74, 6) is 0. The van der Waals surface area contributed by atoms with Gasteiger partial charge in [0, 0.05) is 0 Å². The fourth-order valence-corrected chi connectivity index (χ4v) is 3.52. The minimum absolute atomic E-state index is 1.27. The lowest BCUT2D eigenvalue weighted by molar-refractivity contribution is 0.627. The first-order valence-electron chi connectivity index (χ1n) is 10.9. The maximum atomic E-state index is 2.51. The first-order valence-corrected chi connectivity index (χ1v) is 10.9. The number of rotatable bonds is 15. The normalized spacial score (nSPS) is 11.1. The van der Waals surface area contributed by atoms with Crippen LogP contribution in [-0.4, -0.2) is 0 Å². The smallest absolute Gasteiger partial charge is 0.0279 e. The van der Waals surface area contributed by atoms with Gasteiger partial charge in [-0.25, -0.2) is 0 Å². The highest BCUT2D eigenvalue weighted by atomic mass is 14.1. The highest BCUT2D eigenvalue weighted by Crippen LogP contribution is 2.18. The second-order valence-corrected chi connectivity index (χ2v) is 7.59. The van der Waals surface area contributed by atoms with Gasteiger partial charge in [0.15, 0.2) is 0 Å². The van der Waals surface area contributed by atoms with E-state index in [0.29, 0.717) is 0 Å². The van der Waals surface area contributed by atoms with Gasteiger partial charge < -0.3 is 0 Å². The fraction of sp³-hybridized carbons (Fsp3) is 0.750. The Morgan fingerprint density at radius 3 is 1.12 bits per heavy atom. The predicted molar refractivity (Wildman–Crippen MR) is 110 cm³/mol. The van der Waals surface area contributed by atoms with Crippen LogP contribution in [0.2, 0.25) is 0 Å². The molecule has 0 N–H and O–H groups in total. The van der Waals surface area contributed by atoms with Gasteiger partial charge in [-0.3, -0.25) is 0 Å². The lowest BCUT2D eigenvalue weighted by Gasteiger charge is -2.10. The van der Waals surface area contributed by atoms with Crippen LogP contribution in [0.3, 0.4) is 0 Å². The molecule has 1 aromatic carbocycles. The van der Waals surface area contributed by atoms with Crippen molar-refractivity contribution in [2.75, 3.05) is 0 Å². The Hall–Kier alpha value is -0.780. The van der Waals surface area contributed by atoms with Gasteiger partial charge in [-0.1, -0.05) is 96.8 Å². The lowest BCUT2D eigenvalue weighted by atomic mass is 9.95. The molecule has 0 spiro atoms. The van der Waals surface area contributed by atoms with E-state index in [1.165, 1.54) is 96.3 Å². The molecule has 1 aromatic rings. The monoisotopic (exact) mass is 330 g/mol. The van der Waals surface area contributed by atoms with Crippen LogP contribution in [-0.2, 0) is 19.3 Å². The van der Waals surface area contributed by atoms with Crippen molar-refractivity contribution in [1.29, 1.82) is 0 Å². The van der Waals surface area contributed by atoms with Crippen LogP contribution in [0.5, 0.6) is 0 Å². The van der Waals surface area contributed by atoms with Gasteiger partial charge in [-0.2, -0.15) is 0 Å². The maximum Gasteiger partial charge on any atom is -0.0279 e. The third-order valence-electron chi connectivity index (χ3n) is 5.07. The van der Waals surface area contributed by atoms with Crippen LogP contribution in [0.1, 0.15) is 115 Å². The van der Waals surface area contributed by atoms with Gasteiger partial charge in [0.25, 0.3) is 0 Å². The molecule has 1 rings (SSSR count). The van der Waals surface area contributed by atoms with E-state index in [-0.39, 0.29) is 0 Å². The Kier molecular flexibility index (Phi) is 12.9. The van der Waals surface area contributed by atoms with Crippen LogP contribution in [0, 0.1) is 0 Å². The second kappa shape index (κ2) is 14.6. The van der Waals surface area contributed by atoms with Crippen molar-refractivity contribution in [3.8, 4) is 0 Å². The SMILES string of the molecule is CCCCCCCc1cc(CCCC)cc(CCCCCCC)c1. The zero-order chi connectivity index (χ0) is 17.5. The average Bonchev–Trinajstić information content (AvgIpc) is 2.59. The molecule has 0 bridgehead atoms. The standard InChI is InChI=1S/C24H42/c1-4-7-10-12-14-17-23-19-22(16-9-6-3)20-24(21-23)18-15-13-11-8-5-2/h19-21H,4-18H2,1-3H3. The largest absolute Gasteiger partial charge is 0.0654 e. The highest BCUT2D eigenvalue weighted by Gasteiger charge is 2.03. The molecule has 0 aliphatic rings. The molecule has 0 heteroatoms. The molecule has 0 amide bonds. The van der Waals surface area contributed by atoms with E-state index >= 15 is 0 Å². The summed E-state index contributed by atoms with van der Waals surface area (Å²) >= 11 is 0. The lowest BCUT2D eigenvalue weighted by Crippen LogP contribution is -1.96. The molecular formula is C24H42. The van der Waals surface area contributed by atoms with E-state index in [2.05, 4.69) is 39.0 Å². The Bertz CT molecular complexity index is 372. The molecule has 0 fully saturated rings. The molecule has 0 saturated carbocycles. The molecule has 24 heavy (non-hydrogen) atoms. The van der Waals surface area contributed by atoms with Crippen molar-refractivity contribution in [3.05, 3.63) is 34.9 Å². The molecule has 0 unspecified atom stereocenters. The highest BCUT2D eigenvalue weighted by molar-refractivity contribution is 5.30. The van der Waals surface area contributed by atoms with Crippen molar-refractivity contribution >= 4 is 0 Å². The molecule has 0 aliphatic carbocycles. The topological polar surface area (TPSA) is 0 Å². The zero-order valence-corrected chi connectivity index (χ0v) is 16.8. The van der Waals surface area contributed by atoms with Gasteiger partial charge in [0.1, 0.15) is 0 Å². The van der Waals surface area contributed by atoms with Crippen LogP contribution < -0.4 is 0 Å². The van der Waals surface area contributed by atoms with E-state index in [1.54, 1.807) is 16.7 Å². The van der Waals surface area contributed by atoms with Crippen molar-refractivity contribution in [3.63, 3.8) is 0 Å². The molecule has 0 atom stereocenters. The second-order valence-electron chi connectivity index (χ2n) is 7.59. The van der Waals surface area contributed by atoms with E-state index in [4.69, 9.17) is 0 Å². The minimum Gasteiger partial charge on any atom is -0.0654 e. The Labute approximate surface area is 152 Å². The van der Waals surface area contributed by atoms with E-state index in [1.807, 2.05) is 0 Å². The van der Waals surface area contributed by atoms with Gasteiger partial charge in [-0.05, 0) is 55.2 Å². The van der Waals surface area contributed by atoms with Crippen molar-refractivity contribution in [2.24, 2.45) is 0 Å². The number of hydrogen-bond donors (Lipinski definition) is 0. The number of aryl methyl sites for hydroxylation is 3. The van der Waals surface area contributed by atoms with Crippen molar-refractivity contribution in [2.45, 2.75) is 117 Å². The van der Waals surface area contributed by atoms with E-state index in [0.717, 1.165) is 0 Å². The summed E-state index contributed by atoms with van der Waals surface area (Å²) in [6, 6.07) is 7.50. The van der Waals surface area contributed by atoms with Gasteiger partial charge in [-0.15, -0.1) is 0 Å². The van der Waals surface area contributed by atoms with Crippen molar-refractivity contribution in [1.82, 2.24) is 0 Å². The average molecular weight is 331 g/mol. The number of unbranched alkanes of at least 4 members (excludes halogenated alkanes) is 9. The first-order chi connectivity index (χ1) is 11.8. The summed E-state index contributed by atoms with van der Waals surface area (Å²) in [7, 11) is 0. The molecule has 0 radical (unpaired) electrons. The van der Waals surface area contributed by atoms with Gasteiger partial charge >= 0.3 is 0 Å². The molecule has 0 heterocycles. The van der Waals surface area contributed by atoms with Crippen LogP contribution in [0.15, 0.2) is 18.2 Å². The van der Waals surface area contributed by atoms with Gasteiger partial charge in [0.2, 0.25) is 0 Å². The number of hydrogen-bond acceptors (Lipinski definition) is 0. The van der Waals surface area contributed by atoms with Crippen molar-refractivity contribution < 1.29 is 0 Å².